The second-order valence-electron chi connectivity index (χ2n) is 14.4. The molecule has 0 saturated heterocycles. The molecule has 4 aliphatic rings. The maximum atomic E-state index is 11.2. The van der Waals surface area contributed by atoms with Crippen LogP contribution in [0.15, 0.2) is 47.6 Å². The third kappa shape index (κ3) is 7.61. The summed E-state index contributed by atoms with van der Waals surface area (Å²) < 4.78 is 0. The summed E-state index contributed by atoms with van der Waals surface area (Å²) in [6.07, 6.45) is 29.1. The molecule has 0 aromatic rings. The molecule has 40 heavy (non-hydrogen) atoms. The Bertz CT molecular complexity index is 924. The number of fused-ring (bicyclic) bond motifs is 1. The van der Waals surface area contributed by atoms with Crippen LogP contribution < -0.4 is 0 Å². The highest BCUT2D eigenvalue weighted by Crippen LogP contribution is 2.60. The first-order valence-corrected chi connectivity index (χ1v) is 17.0. The second-order valence-corrected chi connectivity index (χ2v) is 14.4. The van der Waals surface area contributed by atoms with Crippen molar-refractivity contribution in [1.29, 1.82) is 0 Å². The van der Waals surface area contributed by atoms with Gasteiger partial charge in [-0.1, -0.05) is 109 Å². The van der Waals surface area contributed by atoms with E-state index in [-0.39, 0.29) is 11.5 Å². The standard InChI is InChI=1S/C37H60O3/c1-5-6-7-8-9-10-11-12-22-37(23-24-37)35(40)20-15-27(2)32-18-19-33-29(14-13-21-36(32,33)4)16-17-30-25-31(38)26-34(39)28(30)3/h15-17,20,27,31-35,38-40H,3,5-14,18-19,21-26H2,1-2,4H3/b20-15+,29-16+,30-17-/t27-,31-,32-,33+,34+,35+,36-/m1/s1. The predicted octanol–water partition coefficient (Wildman–Crippen LogP) is 8.99. The van der Waals surface area contributed by atoms with Crippen LogP contribution >= 0.6 is 0 Å². The van der Waals surface area contributed by atoms with E-state index in [1.807, 2.05) is 0 Å². The van der Waals surface area contributed by atoms with E-state index in [1.165, 1.54) is 96.3 Å². The minimum Gasteiger partial charge on any atom is -0.393 e. The first-order chi connectivity index (χ1) is 19.2. The fraction of sp³-hybridized carbons (Fsp3) is 0.784. The van der Waals surface area contributed by atoms with E-state index in [0.29, 0.717) is 36.0 Å². The van der Waals surface area contributed by atoms with Crippen molar-refractivity contribution in [2.75, 3.05) is 0 Å². The van der Waals surface area contributed by atoms with Gasteiger partial charge in [-0.3, -0.25) is 0 Å². The molecule has 3 heteroatoms. The van der Waals surface area contributed by atoms with Gasteiger partial charge in [0.1, 0.15) is 0 Å². The fourth-order valence-electron chi connectivity index (χ4n) is 8.69. The third-order valence-electron chi connectivity index (χ3n) is 11.6. The van der Waals surface area contributed by atoms with Crippen molar-refractivity contribution in [3.8, 4) is 0 Å². The van der Waals surface area contributed by atoms with Gasteiger partial charge in [0.2, 0.25) is 0 Å². The molecule has 0 aromatic carbocycles. The lowest BCUT2D eigenvalue weighted by molar-refractivity contribution is 0.0862. The van der Waals surface area contributed by atoms with Gasteiger partial charge >= 0.3 is 0 Å². The third-order valence-corrected chi connectivity index (χ3v) is 11.6. The van der Waals surface area contributed by atoms with Crippen molar-refractivity contribution in [2.24, 2.45) is 28.6 Å². The van der Waals surface area contributed by atoms with Crippen molar-refractivity contribution in [3.05, 3.63) is 47.6 Å². The monoisotopic (exact) mass is 552 g/mol. The molecule has 4 aliphatic carbocycles. The summed E-state index contributed by atoms with van der Waals surface area (Å²) in [7, 11) is 0. The van der Waals surface area contributed by atoms with Crippen molar-refractivity contribution in [3.63, 3.8) is 0 Å². The van der Waals surface area contributed by atoms with Crippen LogP contribution in [0.4, 0.5) is 0 Å². The Kier molecular flexibility index (Phi) is 11.4. The lowest BCUT2D eigenvalue weighted by atomic mass is 9.61. The van der Waals surface area contributed by atoms with E-state index >= 15 is 0 Å². The molecule has 0 amide bonds. The van der Waals surface area contributed by atoms with E-state index in [4.69, 9.17) is 0 Å². The number of aliphatic hydroxyl groups excluding tert-OH is 3. The van der Waals surface area contributed by atoms with Gasteiger partial charge in [-0.2, -0.15) is 0 Å². The van der Waals surface area contributed by atoms with E-state index < -0.39 is 12.2 Å². The summed E-state index contributed by atoms with van der Waals surface area (Å²) in [5.41, 5.74) is 3.79. The molecule has 4 rings (SSSR count). The molecule has 4 saturated carbocycles. The van der Waals surface area contributed by atoms with Crippen LogP contribution in [-0.4, -0.2) is 33.6 Å². The quantitative estimate of drug-likeness (QED) is 0.149. The van der Waals surface area contributed by atoms with Crippen LogP contribution in [0, 0.1) is 28.6 Å². The lowest BCUT2D eigenvalue weighted by Gasteiger charge is -2.44. The SMILES string of the molecule is C=C1/C(=C\C=C2/CCC[C@]3(C)[C@@H]([C@H](C)/C=C/[C@H](O)C4(CCCCCCCCCC)CC4)CC[C@@H]23)C[C@@H](O)C[C@@H]1O. The molecule has 4 fully saturated rings. The Morgan fingerprint density at radius 2 is 1.65 bits per heavy atom. The number of hydrogen-bond acceptors (Lipinski definition) is 3. The largest absolute Gasteiger partial charge is 0.393 e. The molecule has 0 unspecified atom stereocenters. The normalized spacial score (nSPS) is 35.4. The van der Waals surface area contributed by atoms with Crippen LogP contribution in [0.5, 0.6) is 0 Å². The van der Waals surface area contributed by atoms with Crippen LogP contribution in [0.1, 0.15) is 136 Å². The van der Waals surface area contributed by atoms with E-state index in [9.17, 15) is 15.3 Å². The summed E-state index contributed by atoms with van der Waals surface area (Å²) in [4.78, 5) is 0. The highest BCUT2D eigenvalue weighted by molar-refractivity contribution is 5.38. The topological polar surface area (TPSA) is 60.7 Å². The van der Waals surface area contributed by atoms with Gasteiger partial charge in [-0.05, 0) is 97.5 Å². The molecule has 226 valence electrons. The molecule has 3 N–H and O–H groups in total. The zero-order valence-corrected chi connectivity index (χ0v) is 26.1. The van der Waals surface area contributed by atoms with E-state index in [1.54, 1.807) is 5.57 Å². The highest BCUT2D eigenvalue weighted by Gasteiger charge is 2.51. The maximum Gasteiger partial charge on any atom is 0.0811 e. The molecule has 3 nitrogen and oxygen atoms in total. The molecular weight excluding hydrogens is 492 g/mol. The number of aliphatic hydroxyl groups is 3. The average molecular weight is 553 g/mol. The summed E-state index contributed by atoms with van der Waals surface area (Å²) in [5.74, 6) is 1.73. The van der Waals surface area contributed by atoms with Gasteiger partial charge < -0.3 is 15.3 Å². The van der Waals surface area contributed by atoms with Gasteiger partial charge in [0.05, 0.1) is 18.3 Å². The first kappa shape index (κ1) is 31.8. The van der Waals surface area contributed by atoms with E-state index in [0.717, 1.165) is 17.6 Å². The van der Waals surface area contributed by atoms with E-state index in [2.05, 4.69) is 51.7 Å². The second kappa shape index (κ2) is 14.3. The van der Waals surface area contributed by atoms with Crippen LogP contribution in [0.3, 0.4) is 0 Å². The Morgan fingerprint density at radius 3 is 2.35 bits per heavy atom. The molecule has 0 bridgehead atoms. The highest BCUT2D eigenvalue weighted by atomic mass is 16.3. The lowest BCUT2D eigenvalue weighted by Crippen LogP contribution is -2.35. The van der Waals surface area contributed by atoms with Gasteiger partial charge in [-0.15, -0.1) is 0 Å². The Balaban J connectivity index is 1.30. The van der Waals surface area contributed by atoms with Gasteiger partial charge in [-0.25, -0.2) is 0 Å². The van der Waals surface area contributed by atoms with Crippen molar-refractivity contribution in [1.82, 2.24) is 0 Å². The van der Waals surface area contributed by atoms with Crippen LogP contribution in [0.25, 0.3) is 0 Å². The molecular formula is C37H60O3. The first-order valence-electron chi connectivity index (χ1n) is 17.0. The van der Waals surface area contributed by atoms with Gasteiger partial charge in [0.15, 0.2) is 0 Å². The van der Waals surface area contributed by atoms with Crippen LogP contribution in [-0.2, 0) is 0 Å². The number of allylic oxidation sites excluding steroid dienone is 4. The zero-order valence-electron chi connectivity index (χ0n) is 26.1. The minimum absolute atomic E-state index is 0.166. The smallest absolute Gasteiger partial charge is 0.0811 e. The molecule has 0 radical (unpaired) electrons. The summed E-state index contributed by atoms with van der Waals surface area (Å²) in [6, 6.07) is 0. The van der Waals surface area contributed by atoms with Crippen molar-refractivity contribution < 1.29 is 15.3 Å². The molecule has 0 spiro atoms. The number of unbranched alkanes of at least 4 members (excludes halogenated alkanes) is 7. The van der Waals surface area contributed by atoms with Gasteiger partial charge in [0.25, 0.3) is 0 Å². The van der Waals surface area contributed by atoms with Crippen molar-refractivity contribution >= 4 is 0 Å². The minimum atomic E-state index is -0.626. The Morgan fingerprint density at radius 1 is 0.950 bits per heavy atom. The summed E-state index contributed by atoms with van der Waals surface area (Å²) in [5, 5.41) is 31.6. The Hall–Kier alpha value is -1.16. The molecule has 7 atom stereocenters. The van der Waals surface area contributed by atoms with Crippen LogP contribution in [0.2, 0.25) is 0 Å². The molecule has 0 heterocycles. The maximum absolute atomic E-state index is 11.2. The summed E-state index contributed by atoms with van der Waals surface area (Å²) in [6.45, 7) is 11.3. The zero-order chi connectivity index (χ0) is 28.8. The number of hydrogen-bond donors (Lipinski definition) is 3. The summed E-state index contributed by atoms with van der Waals surface area (Å²) >= 11 is 0. The predicted molar refractivity (Wildman–Crippen MR) is 168 cm³/mol. The fourth-order valence-corrected chi connectivity index (χ4v) is 8.69. The molecule has 0 aliphatic heterocycles. The van der Waals surface area contributed by atoms with Crippen molar-refractivity contribution in [2.45, 2.75) is 155 Å². The number of rotatable bonds is 14. The average Bonchev–Trinajstić information content (AvgIpc) is 3.63. The molecule has 0 aromatic heterocycles. The Labute approximate surface area is 245 Å². The van der Waals surface area contributed by atoms with Gasteiger partial charge in [0, 0.05) is 6.42 Å².